The van der Waals surface area contributed by atoms with E-state index in [0.717, 1.165) is 22.2 Å². The van der Waals surface area contributed by atoms with Crippen molar-refractivity contribution in [3.05, 3.63) is 35.2 Å². The van der Waals surface area contributed by atoms with Gasteiger partial charge in [-0.1, -0.05) is 17.8 Å². The van der Waals surface area contributed by atoms with Crippen molar-refractivity contribution in [2.45, 2.75) is 43.3 Å². The zero-order chi connectivity index (χ0) is 14.0. The third kappa shape index (κ3) is 3.58. The van der Waals surface area contributed by atoms with Gasteiger partial charge in [0.2, 0.25) is 0 Å². The van der Waals surface area contributed by atoms with Gasteiger partial charge in [0, 0.05) is 19.3 Å². The van der Waals surface area contributed by atoms with Gasteiger partial charge in [-0.15, -0.1) is 0 Å². The van der Waals surface area contributed by atoms with E-state index in [2.05, 4.69) is 29.1 Å². The predicted octanol–water partition coefficient (Wildman–Crippen LogP) is 2.47. The van der Waals surface area contributed by atoms with E-state index in [9.17, 15) is 0 Å². The van der Waals surface area contributed by atoms with E-state index in [1.54, 1.807) is 11.8 Å². The summed E-state index contributed by atoms with van der Waals surface area (Å²) in [5.41, 5.74) is 9.21. The van der Waals surface area contributed by atoms with Gasteiger partial charge in [0.25, 0.3) is 0 Å². The summed E-state index contributed by atoms with van der Waals surface area (Å²) in [6.45, 7) is 6.09. The van der Waals surface area contributed by atoms with Gasteiger partial charge in [-0.2, -0.15) is 5.10 Å². The van der Waals surface area contributed by atoms with E-state index in [0.29, 0.717) is 0 Å². The second-order valence-electron chi connectivity index (χ2n) is 5.00. The Morgan fingerprint density at radius 3 is 2.63 bits per heavy atom. The van der Waals surface area contributed by atoms with Crippen molar-refractivity contribution < 1.29 is 0 Å². The molecule has 0 radical (unpaired) electrons. The average Bonchev–Trinajstić information content (AvgIpc) is 2.60. The van der Waals surface area contributed by atoms with Crippen LogP contribution in [0.25, 0.3) is 0 Å². The second-order valence-corrected chi connectivity index (χ2v) is 6.01. The second kappa shape index (κ2) is 5.75. The third-order valence-electron chi connectivity index (χ3n) is 2.80. The summed E-state index contributed by atoms with van der Waals surface area (Å²) in [4.78, 5) is 4.54. The van der Waals surface area contributed by atoms with Gasteiger partial charge < -0.3 is 5.73 Å². The fraction of sp³-hybridized carbons (Fsp3) is 0.429. The van der Waals surface area contributed by atoms with Crippen LogP contribution >= 0.6 is 11.8 Å². The maximum absolute atomic E-state index is 5.81. The smallest absolute Gasteiger partial charge is 0.105 e. The molecule has 0 amide bonds. The number of aryl methyl sites for hydroxylation is 3. The van der Waals surface area contributed by atoms with Crippen LogP contribution in [0.5, 0.6) is 0 Å². The molecule has 0 bridgehead atoms. The first kappa shape index (κ1) is 14.1. The summed E-state index contributed by atoms with van der Waals surface area (Å²) >= 11 is 1.65. The van der Waals surface area contributed by atoms with E-state index in [-0.39, 0.29) is 6.04 Å². The number of rotatable bonds is 4. The number of nitrogens with two attached hydrogens (primary N) is 1. The number of hydrogen-bond donors (Lipinski definition) is 1. The van der Waals surface area contributed by atoms with Crippen LogP contribution in [-0.4, -0.2) is 20.8 Å². The van der Waals surface area contributed by atoms with Gasteiger partial charge in [0.05, 0.1) is 5.69 Å². The first-order chi connectivity index (χ1) is 8.95. The summed E-state index contributed by atoms with van der Waals surface area (Å²) in [6, 6.07) is 4.41. The van der Waals surface area contributed by atoms with Crippen molar-refractivity contribution in [1.82, 2.24) is 14.8 Å². The lowest BCUT2D eigenvalue weighted by Crippen LogP contribution is -2.17. The molecular weight excluding hydrogens is 256 g/mol. The highest BCUT2D eigenvalue weighted by atomic mass is 32.2. The number of hydrogen-bond acceptors (Lipinski definition) is 4. The molecule has 1 atom stereocenters. The summed E-state index contributed by atoms with van der Waals surface area (Å²) in [5, 5.41) is 6.47. The van der Waals surface area contributed by atoms with Crippen molar-refractivity contribution in [1.29, 1.82) is 0 Å². The van der Waals surface area contributed by atoms with Crippen molar-refractivity contribution in [3.63, 3.8) is 0 Å². The van der Waals surface area contributed by atoms with Crippen LogP contribution in [-0.2, 0) is 13.5 Å². The van der Waals surface area contributed by atoms with Crippen LogP contribution in [0, 0.1) is 13.8 Å². The third-order valence-corrected chi connectivity index (χ3v) is 4.02. The molecule has 0 aliphatic rings. The molecule has 2 aromatic rings. The Kier molecular flexibility index (Phi) is 4.27. The molecule has 0 spiro atoms. The average molecular weight is 276 g/mol. The molecule has 0 aliphatic carbocycles. The highest BCUT2D eigenvalue weighted by molar-refractivity contribution is 7.99. The van der Waals surface area contributed by atoms with Gasteiger partial charge in [-0.25, -0.2) is 4.98 Å². The van der Waals surface area contributed by atoms with Gasteiger partial charge in [-0.3, -0.25) is 4.68 Å². The van der Waals surface area contributed by atoms with E-state index in [1.165, 1.54) is 11.1 Å². The predicted molar refractivity (Wildman–Crippen MR) is 78.4 cm³/mol. The normalized spacial score (nSPS) is 12.7. The van der Waals surface area contributed by atoms with Crippen LogP contribution in [0.4, 0.5) is 0 Å². The number of aromatic nitrogens is 3. The Hall–Kier alpha value is -1.33. The molecule has 0 aliphatic heterocycles. The molecule has 4 nitrogen and oxygen atoms in total. The molecular formula is C14H20N4S. The lowest BCUT2D eigenvalue weighted by molar-refractivity contribution is 0.691. The van der Waals surface area contributed by atoms with E-state index >= 15 is 0 Å². The quantitative estimate of drug-likeness (QED) is 0.932. The standard InChI is InChI=1S/C14H20N4S/c1-9-5-12(6-10(2)15)8-16-14(9)19-13-7-11(3)17-18(13)4/h5,7-8,10H,6,15H2,1-4H3. The Labute approximate surface area is 118 Å². The summed E-state index contributed by atoms with van der Waals surface area (Å²) in [6.07, 6.45) is 2.78. The molecule has 2 rings (SSSR count). The maximum Gasteiger partial charge on any atom is 0.105 e. The Balaban J connectivity index is 2.19. The zero-order valence-corrected chi connectivity index (χ0v) is 12.7. The van der Waals surface area contributed by atoms with Crippen LogP contribution in [0.2, 0.25) is 0 Å². The van der Waals surface area contributed by atoms with Crippen LogP contribution in [0.1, 0.15) is 23.7 Å². The summed E-state index contributed by atoms with van der Waals surface area (Å²) < 4.78 is 1.89. The minimum absolute atomic E-state index is 0.166. The van der Waals surface area contributed by atoms with Gasteiger partial charge >= 0.3 is 0 Å². The van der Waals surface area contributed by atoms with Gasteiger partial charge in [0.1, 0.15) is 10.1 Å². The molecule has 2 heterocycles. The van der Waals surface area contributed by atoms with Crippen LogP contribution in [0.3, 0.4) is 0 Å². The van der Waals surface area contributed by atoms with Gasteiger partial charge in [-0.05, 0) is 44.4 Å². The SMILES string of the molecule is Cc1cc(Sc2ncc(CC(C)N)cc2C)n(C)n1. The largest absolute Gasteiger partial charge is 0.328 e. The van der Waals surface area contributed by atoms with Crippen LogP contribution < -0.4 is 5.73 Å². The molecule has 0 saturated carbocycles. The lowest BCUT2D eigenvalue weighted by atomic mass is 10.1. The molecule has 2 N–H and O–H groups in total. The van der Waals surface area contributed by atoms with Crippen molar-refractivity contribution in [2.24, 2.45) is 12.8 Å². The molecule has 0 fully saturated rings. The molecule has 0 saturated heterocycles. The molecule has 19 heavy (non-hydrogen) atoms. The highest BCUT2D eigenvalue weighted by Gasteiger charge is 2.09. The number of nitrogens with zero attached hydrogens (tertiary/aromatic N) is 3. The fourth-order valence-corrected chi connectivity index (χ4v) is 2.92. The first-order valence-corrected chi connectivity index (χ1v) is 7.17. The molecule has 1 unspecified atom stereocenters. The monoisotopic (exact) mass is 276 g/mol. The van der Waals surface area contributed by atoms with Crippen molar-refractivity contribution in [3.8, 4) is 0 Å². The Morgan fingerprint density at radius 1 is 1.37 bits per heavy atom. The summed E-state index contributed by atoms with van der Waals surface area (Å²) in [7, 11) is 1.95. The Morgan fingerprint density at radius 2 is 2.11 bits per heavy atom. The Bertz CT molecular complexity index is 575. The summed E-state index contributed by atoms with van der Waals surface area (Å²) in [5.74, 6) is 0. The van der Waals surface area contributed by atoms with E-state index < -0.39 is 0 Å². The lowest BCUT2D eigenvalue weighted by Gasteiger charge is -2.09. The minimum Gasteiger partial charge on any atom is -0.328 e. The van der Waals surface area contributed by atoms with Crippen molar-refractivity contribution >= 4 is 11.8 Å². The molecule has 102 valence electrons. The number of pyridine rings is 1. The van der Waals surface area contributed by atoms with Crippen LogP contribution in [0.15, 0.2) is 28.4 Å². The minimum atomic E-state index is 0.166. The molecule has 0 aromatic carbocycles. The van der Waals surface area contributed by atoms with Gasteiger partial charge in [0.15, 0.2) is 0 Å². The first-order valence-electron chi connectivity index (χ1n) is 6.35. The molecule has 2 aromatic heterocycles. The van der Waals surface area contributed by atoms with E-state index in [1.807, 2.05) is 31.8 Å². The highest BCUT2D eigenvalue weighted by Crippen LogP contribution is 2.29. The van der Waals surface area contributed by atoms with Crippen molar-refractivity contribution in [2.75, 3.05) is 0 Å². The maximum atomic E-state index is 5.81. The zero-order valence-electron chi connectivity index (χ0n) is 11.8. The topological polar surface area (TPSA) is 56.7 Å². The fourth-order valence-electron chi connectivity index (χ4n) is 1.99. The molecule has 5 heteroatoms. The van der Waals surface area contributed by atoms with E-state index in [4.69, 9.17) is 5.73 Å².